The Morgan fingerprint density at radius 2 is 1.55 bits per heavy atom. The molecule has 234 valence electrons. The summed E-state index contributed by atoms with van der Waals surface area (Å²) < 4.78 is 13.2. The van der Waals surface area contributed by atoms with Crippen LogP contribution in [0.1, 0.15) is 48.5 Å². The van der Waals surface area contributed by atoms with E-state index < -0.39 is 6.29 Å². The Balaban J connectivity index is 1.27. The van der Waals surface area contributed by atoms with E-state index in [1.807, 2.05) is 67.6 Å². The molecule has 0 radical (unpaired) electrons. The van der Waals surface area contributed by atoms with Gasteiger partial charge in [-0.3, -0.25) is 15.0 Å². The summed E-state index contributed by atoms with van der Waals surface area (Å²) in [6, 6.07) is 22.4. The van der Waals surface area contributed by atoms with Crippen LogP contribution < -0.4 is 15.5 Å². The van der Waals surface area contributed by atoms with Crippen LogP contribution in [0.15, 0.2) is 72.8 Å². The molecular formula is C33H41N5O6. The number of carbonyl (C=O) groups excluding carboxylic acids is 1. The molecule has 4 unspecified atom stereocenters. The summed E-state index contributed by atoms with van der Waals surface area (Å²) >= 11 is 0. The molecule has 2 amide bonds. The number of amides is 2. The summed E-state index contributed by atoms with van der Waals surface area (Å²) in [7, 11) is 0. The molecule has 2 aliphatic heterocycles. The van der Waals surface area contributed by atoms with Gasteiger partial charge in [0.15, 0.2) is 6.29 Å². The van der Waals surface area contributed by atoms with Crippen LogP contribution in [-0.4, -0.2) is 66.3 Å². The number of carbonyl (C=O) groups is 1. The molecule has 2 aliphatic rings. The second-order valence-electron chi connectivity index (χ2n) is 11.3. The number of nitro groups is 1. The van der Waals surface area contributed by atoms with Crippen molar-refractivity contribution in [3.8, 4) is 0 Å². The van der Waals surface area contributed by atoms with E-state index in [-0.39, 0.29) is 41.4 Å². The van der Waals surface area contributed by atoms with Crippen molar-refractivity contribution in [2.45, 2.75) is 45.5 Å². The maximum absolute atomic E-state index is 11.8. The van der Waals surface area contributed by atoms with Crippen molar-refractivity contribution < 1.29 is 24.3 Å². The molecule has 2 fully saturated rings. The van der Waals surface area contributed by atoms with E-state index in [1.165, 1.54) is 0 Å². The average Bonchev–Trinajstić information content (AvgIpc) is 3.05. The molecule has 0 saturated carbocycles. The first kappa shape index (κ1) is 31.4. The fourth-order valence-electron chi connectivity index (χ4n) is 5.75. The molecule has 3 N–H and O–H groups in total. The number of nitrogens with one attached hydrogen (secondary N) is 2. The summed E-state index contributed by atoms with van der Waals surface area (Å²) in [6.45, 7) is 9.09. The Hall–Kier alpha value is -4.03. The summed E-state index contributed by atoms with van der Waals surface area (Å²) in [4.78, 5) is 27.1. The lowest BCUT2D eigenvalue weighted by Crippen LogP contribution is -2.51. The van der Waals surface area contributed by atoms with E-state index in [9.17, 15) is 20.0 Å². The van der Waals surface area contributed by atoms with Crippen LogP contribution in [0.2, 0.25) is 0 Å². The number of aliphatic hydroxyl groups excluding tert-OH is 1. The Morgan fingerprint density at radius 3 is 2.16 bits per heavy atom. The third kappa shape index (κ3) is 7.72. The number of non-ortho nitro benzene ring substituents is 1. The van der Waals surface area contributed by atoms with Crippen LogP contribution in [0.3, 0.4) is 0 Å². The van der Waals surface area contributed by atoms with Gasteiger partial charge >= 0.3 is 6.03 Å². The predicted octanol–water partition coefficient (Wildman–Crippen LogP) is 4.52. The summed E-state index contributed by atoms with van der Waals surface area (Å²) in [5.41, 5.74) is 4.86. The Labute approximate surface area is 257 Å². The smallest absolute Gasteiger partial charge is 0.315 e. The summed E-state index contributed by atoms with van der Waals surface area (Å²) in [5, 5.41) is 26.1. The highest BCUT2D eigenvalue weighted by Gasteiger charge is 2.39. The molecule has 2 saturated heterocycles. The third-order valence-corrected chi connectivity index (χ3v) is 8.40. The molecule has 0 aromatic heterocycles. The van der Waals surface area contributed by atoms with Crippen molar-refractivity contribution in [3.05, 3.63) is 105 Å². The van der Waals surface area contributed by atoms with E-state index in [2.05, 4.69) is 27.4 Å². The monoisotopic (exact) mass is 603 g/mol. The van der Waals surface area contributed by atoms with Gasteiger partial charge in [0.1, 0.15) is 0 Å². The van der Waals surface area contributed by atoms with Gasteiger partial charge in [0, 0.05) is 75.1 Å². The zero-order chi connectivity index (χ0) is 31.1. The van der Waals surface area contributed by atoms with Crippen LogP contribution in [0.5, 0.6) is 0 Å². The number of benzene rings is 3. The van der Waals surface area contributed by atoms with E-state index in [0.717, 1.165) is 60.7 Å². The molecule has 3 aromatic rings. The van der Waals surface area contributed by atoms with Crippen LogP contribution in [0.4, 0.5) is 16.2 Å². The Morgan fingerprint density at radius 1 is 0.909 bits per heavy atom. The van der Waals surface area contributed by atoms with Crippen molar-refractivity contribution in [3.63, 3.8) is 0 Å². The van der Waals surface area contributed by atoms with Crippen molar-refractivity contribution in [2.24, 2.45) is 5.92 Å². The van der Waals surface area contributed by atoms with E-state index >= 15 is 0 Å². The highest BCUT2D eigenvalue weighted by atomic mass is 16.7. The number of hydrogen-bond acceptors (Lipinski definition) is 8. The molecule has 11 nitrogen and oxygen atoms in total. The fraction of sp³-hybridized carbons (Fsp3) is 0.424. The first-order valence-electron chi connectivity index (χ1n) is 15.2. The van der Waals surface area contributed by atoms with E-state index in [0.29, 0.717) is 13.1 Å². The zero-order valence-corrected chi connectivity index (χ0v) is 25.2. The number of urea groups is 1. The normalized spacial score (nSPS) is 22.4. The van der Waals surface area contributed by atoms with Gasteiger partial charge in [-0.25, -0.2) is 4.79 Å². The number of hydrogen-bond donors (Lipinski definition) is 3. The number of piperazine rings is 1. The van der Waals surface area contributed by atoms with Gasteiger partial charge < -0.3 is 30.1 Å². The standard InChI is InChI=1S/C33H41N5O6/c1-3-34-33(40)35-20-24-4-10-27(11-5-24)32-43-30(23(2)31(44-32)26-8-6-25(22-39)7-9-26)21-36-16-18-37(19-17-36)28-12-14-29(15-13-28)38(41)42/h4-15,23,30-32,39H,3,16-22H2,1-2H3,(H2,34,35,40). The van der Waals surface area contributed by atoms with Gasteiger partial charge in [-0.1, -0.05) is 55.5 Å². The van der Waals surface area contributed by atoms with Crippen molar-refractivity contribution in [2.75, 3.05) is 44.2 Å². The van der Waals surface area contributed by atoms with Crippen molar-refractivity contribution in [1.29, 1.82) is 0 Å². The fourth-order valence-corrected chi connectivity index (χ4v) is 5.75. The van der Waals surface area contributed by atoms with E-state index in [1.54, 1.807) is 12.1 Å². The van der Waals surface area contributed by atoms with Crippen LogP contribution >= 0.6 is 0 Å². The molecule has 4 atom stereocenters. The maximum Gasteiger partial charge on any atom is 0.315 e. The Kier molecular flexibility index (Phi) is 10.4. The first-order chi connectivity index (χ1) is 21.3. The lowest BCUT2D eigenvalue weighted by Gasteiger charge is -2.44. The first-order valence-corrected chi connectivity index (χ1v) is 15.2. The number of rotatable bonds is 10. The van der Waals surface area contributed by atoms with Gasteiger partial charge in [0.25, 0.3) is 5.69 Å². The van der Waals surface area contributed by atoms with Crippen molar-refractivity contribution >= 4 is 17.4 Å². The molecule has 0 bridgehead atoms. The number of aliphatic hydroxyl groups is 1. The SMILES string of the molecule is CCNC(=O)NCc1ccc(C2OC(CN3CCN(c4ccc([N+](=O)[O-])cc4)CC3)C(C)C(c3ccc(CO)cc3)O2)cc1. The molecule has 5 rings (SSSR count). The maximum atomic E-state index is 11.8. The van der Waals surface area contributed by atoms with Crippen LogP contribution in [0.25, 0.3) is 0 Å². The lowest BCUT2D eigenvalue weighted by molar-refractivity contribution is -0.384. The number of nitrogens with zero attached hydrogens (tertiary/aromatic N) is 3. The van der Waals surface area contributed by atoms with Crippen LogP contribution in [0, 0.1) is 16.0 Å². The quantitative estimate of drug-likeness (QED) is 0.228. The largest absolute Gasteiger partial charge is 0.392 e. The molecule has 0 spiro atoms. The Bertz CT molecular complexity index is 1380. The topological polar surface area (TPSA) is 129 Å². The zero-order valence-electron chi connectivity index (χ0n) is 25.2. The van der Waals surface area contributed by atoms with Gasteiger partial charge in [0.2, 0.25) is 0 Å². The van der Waals surface area contributed by atoms with E-state index in [4.69, 9.17) is 9.47 Å². The van der Waals surface area contributed by atoms with Gasteiger partial charge in [-0.15, -0.1) is 0 Å². The molecule has 44 heavy (non-hydrogen) atoms. The lowest BCUT2D eigenvalue weighted by atomic mass is 9.90. The third-order valence-electron chi connectivity index (χ3n) is 8.40. The second kappa shape index (κ2) is 14.6. The number of anilines is 1. The minimum absolute atomic E-state index is 0.0110. The minimum Gasteiger partial charge on any atom is -0.392 e. The summed E-state index contributed by atoms with van der Waals surface area (Å²) in [5.74, 6) is 0.0690. The molecule has 0 aliphatic carbocycles. The van der Waals surface area contributed by atoms with Crippen molar-refractivity contribution in [1.82, 2.24) is 15.5 Å². The molecular weight excluding hydrogens is 562 g/mol. The predicted molar refractivity (Wildman–Crippen MR) is 167 cm³/mol. The average molecular weight is 604 g/mol. The minimum atomic E-state index is -0.564. The molecule has 3 aromatic carbocycles. The molecule has 2 heterocycles. The summed E-state index contributed by atoms with van der Waals surface area (Å²) in [6.07, 6.45) is -0.862. The highest BCUT2D eigenvalue weighted by Crippen LogP contribution is 2.42. The van der Waals surface area contributed by atoms with Gasteiger partial charge in [-0.2, -0.15) is 0 Å². The van der Waals surface area contributed by atoms with Crippen LogP contribution in [-0.2, 0) is 22.6 Å². The number of ether oxygens (including phenoxy) is 2. The second-order valence-corrected chi connectivity index (χ2v) is 11.3. The van der Waals surface area contributed by atoms with Gasteiger partial charge in [0.05, 0.1) is 23.7 Å². The molecule has 11 heteroatoms. The number of nitro benzene ring substituents is 1. The highest BCUT2D eigenvalue weighted by molar-refractivity contribution is 5.73. The van der Waals surface area contributed by atoms with Gasteiger partial charge in [-0.05, 0) is 35.7 Å².